The molecule has 0 saturated heterocycles. The van der Waals surface area contributed by atoms with Gasteiger partial charge in [0, 0.05) is 18.1 Å². The average Bonchev–Trinajstić information content (AvgIpc) is 2.81. The Bertz CT molecular complexity index is 473. The highest BCUT2D eigenvalue weighted by Crippen LogP contribution is 2.23. The van der Waals surface area contributed by atoms with Crippen molar-refractivity contribution in [2.45, 2.75) is 20.3 Å². The van der Waals surface area contributed by atoms with E-state index in [4.69, 9.17) is 11.1 Å². The Labute approximate surface area is 105 Å². The molecule has 0 amide bonds. The van der Waals surface area contributed by atoms with Gasteiger partial charge >= 0.3 is 0 Å². The fourth-order valence-electron chi connectivity index (χ4n) is 1.57. The summed E-state index contributed by atoms with van der Waals surface area (Å²) in [5, 5.41) is 22.2. The molecule has 1 heterocycles. The van der Waals surface area contributed by atoms with Crippen molar-refractivity contribution in [3.05, 3.63) is 29.6 Å². The number of nitrogens with zero attached hydrogens (tertiary/aromatic N) is 2. The Kier molecular flexibility index (Phi) is 4.65. The molecule has 0 saturated carbocycles. The van der Waals surface area contributed by atoms with Gasteiger partial charge in [-0.05, 0) is 12.1 Å². The van der Waals surface area contributed by atoms with E-state index in [1.54, 1.807) is 0 Å². The predicted octanol–water partition coefficient (Wildman–Crippen LogP) is 1.86. The lowest BCUT2D eigenvalue weighted by atomic mass is 10.1. The summed E-state index contributed by atoms with van der Waals surface area (Å²) in [5.41, 5.74) is 6.36. The van der Waals surface area contributed by atoms with Crippen molar-refractivity contribution in [3.63, 3.8) is 0 Å². The molecule has 1 aliphatic heterocycles. The van der Waals surface area contributed by atoms with E-state index >= 15 is 0 Å². The van der Waals surface area contributed by atoms with Crippen molar-refractivity contribution >= 4 is 11.7 Å². The predicted molar refractivity (Wildman–Crippen MR) is 69.2 cm³/mol. The van der Waals surface area contributed by atoms with Crippen LogP contribution in [0.5, 0.6) is 5.75 Å². The molecule has 4 N–H and O–H groups in total. The summed E-state index contributed by atoms with van der Waals surface area (Å²) in [6.45, 7) is 4.50. The van der Waals surface area contributed by atoms with E-state index in [0.717, 1.165) is 6.07 Å². The first kappa shape index (κ1) is 14.0. The first-order valence-corrected chi connectivity index (χ1v) is 5.76. The third-order valence-electron chi connectivity index (χ3n) is 2.35. The Morgan fingerprint density at radius 2 is 2.17 bits per heavy atom. The van der Waals surface area contributed by atoms with Crippen LogP contribution in [0.25, 0.3) is 0 Å². The molecule has 1 aliphatic rings. The summed E-state index contributed by atoms with van der Waals surface area (Å²) in [6.07, 6.45) is 0.568. The molecule has 98 valence electrons. The summed E-state index contributed by atoms with van der Waals surface area (Å²) < 4.78 is 12.8. The number of hydrogen-bond acceptors (Lipinski definition) is 3. The van der Waals surface area contributed by atoms with E-state index in [1.165, 1.54) is 17.1 Å². The number of halogens is 1. The standard InChI is InChI=1S/C10H11FN4O.C2H6/c11-6-1-2-7(9(16)5-6)8-3-4-15(14-8)10(12)13;1-2/h1-2,5,16H,3-4H2,(H3,12,13);1-2H3. The number of benzene rings is 1. The minimum absolute atomic E-state index is 0.142. The second-order valence-corrected chi connectivity index (χ2v) is 3.47. The highest BCUT2D eigenvalue weighted by molar-refractivity contribution is 6.04. The normalized spacial score (nSPS) is 13.7. The first-order chi connectivity index (χ1) is 8.58. The van der Waals surface area contributed by atoms with E-state index in [2.05, 4.69) is 5.10 Å². The van der Waals surface area contributed by atoms with E-state index < -0.39 is 5.82 Å². The topological polar surface area (TPSA) is 85.7 Å². The lowest BCUT2D eigenvalue weighted by Crippen LogP contribution is -2.29. The molecule has 0 atom stereocenters. The van der Waals surface area contributed by atoms with E-state index in [9.17, 15) is 9.50 Å². The smallest absolute Gasteiger partial charge is 0.209 e. The number of nitrogens with two attached hydrogens (primary N) is 1. The van der Waals surface area contributed by atoms with Crippen LogP contribution in [-0.4, -0.2) is 28.3 Å². The maximum absolute atomic E-state index is 12.8. The number of hydrazone groups is 1. The van der Waals surface area contributed by atoms with Crippen molar-refractivity contribution in [1.29, 1.82) is 5.41 Å². The average molecular weight is 252 g/mol. The number of aromatic hydroxyl groups is 1. The first-order valence-electron chi connectivity index (χ1n) is 5.76. The Hall–Kier alpha value is -2.11. The zero-order chi connectivity index (χ0) is 13.7. The van der Waals surface area contributed by atoms with Gasteiger partial charge in [0.15, 0.2) is 0 Å². The van der Waals surface area contributed by atoms with Gasteiger partial charge in [-0.25, -0.2) is 9.40 Å². The Morgan fingerprint density at radius 1 is 1.50 bits per heavy atom. The third kappa shape index (κ3) is 2.97. The van der Waals surface area contributed by atoms with Crippen LogP contribution in [0, 0.1) is 11.2 Å². The summed E-state index contributed by atoms with van der Waals surface area (Å²) >= 11 is 0. The second-order valence-electron chi connectivity index (χ2n) is 3.47. The molecule has 0 aliphatic carbocycles. The second kappa shape index (κ2) is 6.00. The molecule has 18 heavy (non-hydrogen) atoms. The molecule has 6 heteroatoms. The highest BCUT2D eigenvalue weighted by atomic mass is 19.1. The molecule has 2 rings (SSSR count). The number of guanidine groups is 1. The van der Waals surface area contributed by atoms with Gasteiger partial charge in [0.2, 0.25) is 5.96 Å². The van der Waals surface area contributed by atoms with Gasteiger partial charge < -0.3 is 10.8 Å². The number of phenols is 1. The molecular formula is C12H17FN4O. The summed E-state index contributed by atoms with van der Waals surface area (Å²) in [5.74, 6) is -0.788. The van der Waals surface area contributed by atoms with Crippen LogP contribution in [0.1, 0.15) is 25.8 Å². The number of phenolic OH excluding ortho intramolecular Hbond substituents is 1. The maximum atomic E-state index is 12.8. The summed E-state index contributed by atoms with van der Waals surface area (Å²) in [7, 11) is 0. The number of hydrogen-bond donors (Lipinski definition) is 3. The Balaban J connectivity index is 0.000000771. The fourth-order valence-corrected chi connectivity index (χ4v) is 1.57. The van der Waals surface area contributed by atoms with Crippen LogP contribution < -0.4 is 5.73 Å². The quantitative estimate of drug-likeness (QED) is 0.526. The van der Waals surface area contributed by atoms with Gasteiger partial charge in [-0.2, -0.15) is 5.10 Å². The minimum atomic E-state index is -0.497. The van der Waals surface area contributed by atoms with Gasteiger partial charge in [-0.3, -0.25) is 5.41 Å². The van der Waals surface area contributed by atoms with Crippen molar-refractivity contribution < 1.29 is 9.50 Å². The van der Waals surface area contributed by atoms with Crippen LogP contribution in [0.15, 0.2) is 23.3 Å². The fraction of sp³-hybridized carbons (Fsp3) is 0.333. The van der Waals surface area contributed by atoms with E-state index in [-0.39, 0.29) is 11.7 Å². The van der Waals surface area contributed by atoms with Crippen LogP contribution in [0.3, 0.4) is 0 Å². The van der Waals surface area contributed by atoms with Crippen molar-refractivity contribution in [1.82, 2.24) is 5.01 Å². The third-order valence-corrected chi connectivity index (χ3v) is 2.35. The minimum Gasteiger partial charge on any atom is -0.507 e. The lowest BCUT2D eigenvalue weighted by molar-refractivity contribution is 0.467. The molecule has 0 aromatic heterocycles. The van der Waals surface area contributed by atoms with E-state index in [1.807, 2.05) is 13.8 Å². The molecule has 5 nitrogen and oxygen atoms in total. The highest BCUT2D eigenvalue weighted by Gasteiger charge is 2.19. The molecule has 1 aromatic carbocycles. The van der Waals surface area contributed by atoms with Gasteiger partial charge in [0.05, 0.1) is 12.3 Å². The van der Waals surface area contributed by atoms with Crippen molar-refractivity contribution in [2.75, 3.05) is 6.54 Å². The maximum Gasteiger partial charge on any atom is 0.209 e. The molecule has 0 unspecified atom stereocenters. The zero-order valence-electron chi connectivity index (χ0n) is 10.4. The van der Waals surface area contributed by atoms with Crippen LogP contribution in [0.4, 0.5) is 4.39 Å². The number of rotatable bonds is 1. The van der Waals surface area contributed by atoms with Gasteiger partial charge in [-0.1, -0.05) is 13.8 Å². The van der Waals surface area contributed by atoms with Crippen molar-refractivity contribution in [2.24, 2.45) is 10.8 Å². The molecule has 1 aromatic rings. The Morgan fingerprint density at radius 3 is 2.67 bits per heavy atom. The molecule has 0 radical (unpaired) electrons. The molecule has 0 spiro atoms. The molecule has 0 fully saturated rings. The monoisotopic (exact) mass is 252 g/mol. The van der Waals surface area contributed by atoms with Gasteiger partial charge in [-0.15, -0.1) is 0 Å². The largest absolute Gasteiger partial charge is 0.507 e. The number of nitrogens with one attached hydrogen (secondary N) is 1. The van der Waals surface area contributed by atoms with Crippen LogP contribution >= 0.6 is 0 Å². The summed E-state index contributed by atoms with van der Waals surface area (Å²) in [4.78, 5) is 0. The summed E-state index contributed by atoms with van der Waals surface area (Å²) in [6, 6.07) is 3.76. The van der Waals surface area contributed by atoms with Crippen LogP contribution in [0.2, 0.25) is 0 Å². The van der Waals surface area contributed by atoms with Gasteiger partial charge in [0.25, 0.3) is 0 Å². The van der Waals surface area contributed by atoms with Crippen molar-refractivity contribution in [3.8, 4) is 5.75 Å². The SMILES string of the molecule is CC.N=C(N)N1CCC(c2ccc(F)cc2O)=N1. The molecule has 0 bridgehead atoms. The van der Waals surface area contributed by atoms with Gasteiger partial charge in [0.1, 0.15) is 11.6 Å². The van der Waals surface area contributed by atoms with Crippen LogP contribution in [-0.2, 0) is 0 Å². The lowest BCUT2D eigenvalue weighted by Gasteiger charge is -2.08. The zero-order valence-corrected chi connectivity index (χ0v) is 10.4. The molecular weight excluding hydrogens is 235 g/mol. The van der Waals surface area contributed by atoms with E-state index in [0.29, 0.717) is 24.2 Å².